The highest BCUT2D eigenvalue weighted by molar-refractivity contribution is 5.97. The van der Waals surface area contributed by atoms with Crippen molar-refractivity contribution in [3.8, 4) is 5.75 Å². The fourth-order valence-corrected chi connectivity index (χ4v) is 3.92. The summed E-state index contributed by atoms with van der Waals surface area (Å²) in [5.74, 6) is 0.685. The predicted molar refractivity (Wildman–Crippen MR) is 112 cm³/mol. The van der Waals surface area contributed by atoms with Gasteiger partial charge in [-0.15, -0.1) is 0 Å². The Bertz CT molecular complexity index is 965. The number of nitrogens with zero attached hydrogens (tertiary/aromatic N) is 2. The van der Waals surface area contributed by atoms with Gasteiger partial charge in [0.25, 0.3) is 5.91 Å². The van der Waals surface area contributed by atoms with Gasteiger partial charge in [-0.1, -0.05) is 12.1 Å². The number of hydrogen-bond acceptors (Lipinski definition) is 4. The van der Waals surface area contributed by atoms with Gasteiger partial charge in [0.1, 0.15) is 5.75 Å². The first-order chi connectivity index (χ1) is 14.4. The van der Waals surface area contributed by atoms with Gasteiger partial charge < -0.3 is 10.1 Å². The largest absolute Gasteiger partial charge is 0.497 e. The standard InChI is InChI=1S/C23H25N3O4/c1-16(27)17-4-8-19(9-5-17)24-22(29)26-15-3-14-25(26)21(28)23(12-13-23)18-6-10-20(30-2)11-7-18/h4-11H,3,12-15H2,1-2H3,(H,24,29). The number of anilines is 1. The summed E-state index contributed by atoms with van der Waals surface area (Å²) < 4.78 is 5.21. The first-order valence-corrected chi connectivity index (χ1v) is 10.1. The van der Waals surface area contributed by atoms with Gasteiger partial charge in [0.15, 0.2) is 5.78 Å². The highest BCUT2D eigenvalue weighted by atomic mass is 16.5. The van der Waals surface area contributed by atoms with Gasteiger partial charge in [0, 0.05) is 24.3 Å². The van der Waals surface area contributed by atoms with E-state index in [0.29, 0.717) is 24.3 Å². The average molecular weight is 407 g/mol. The van der Waals surface area contributed by atoms with Crippen molar-refractivity contribution in [2.75, 3.05) is 25.5 Å². The van der Waals surface area contributed by atoms with Crippen molar-refractivity contribution < 1.29 is 19.1 Å². The molecule has 1 aliphatic carbocycles. The maximum absolute atomic E-state index is 13.4. The summed E-state index contributed by atoms with van der Waals surface area (Å²) in [6.07, 6.45) is 2.29. The molecule has 1 N–H and O–H groups in total. The third-order valence-electron chi connectivity index (χ3n) is 5.84. The number of ether oxygens (including phenoxy) is 1. The highest BCUT2D eigenvalue weighted by Gasteiger charge is 2.55. The number of methoxy groups -OCH3 is 1. The Morgan fingerprint density at radius 3 is 2.13 bits per heavy atom. The van der Waals surface area contributed by atoms with Gasteiger partial charge in [-0.3, -0.25) is 9.59 Å². The molecule has 0 aromatic heterocycles. The summed E-state index contributed by atoms with van der Waals surface area (Å²) in [5, 5.41) is 5.90. The zero-order chi connectivity index (χ0) is 21.3. The van der Waals surface area contributed by atoms with Crippen LogP contribution < -0.4 is 10.1 Å². The van der Waals surface area contributed by atoms with E-state index in [4.69, 9.17) is 4.74 Å². The van der Waals surface area contributed by atoms with Gasteiger partial charge in [-0.05, 0) is 68.1 Å². The molecule has 2 aromatic rings. The number of hydrazine groups is 1. The minimum atomic E-state index is -0.557. The Morgan fingerprint density at radius 1 is 0.933 bits per heavy atom. The molecule has 0 unspecified atom stereocenters. The molecule has 2 aromatic carbocycles. The first-order valence-electron chi connectivity index (χ1n) is 10.1. The third kappa shape index (κ3) is 3.63. The molecule has 1 heterocycles. The van der Waals surface area contributed by atoms with Crippen LogP contribution in [0.3, 0.4) is 0 Å². The molecule has 0 bridgehead atoms. The molecule has 4 rings (SSSR count). The highest BCUT2D eigenvalue weighted by Crippen LogP contribution is 2.50. The number of carbonyl (C=O) groups excluding carboxylic acids is 3. The van der Waals surface area contributed by atoms with E-state index in [0.717, 1.165) is 30.6 Å². The van der Waals surface area contributed by atoms with E-state index in [1.807, 2.05) is 24.3 Å². The van der Waals surface area contributed by atoms with Crippen LogP contribution in [0, 0.1) is 0 Å². The number of hydrogen-bond donors (Lipinski definition) is 1. The lowest BCUT2D eigenvalue weighted by Crippen LogP contribution is -2.50. The minimum Gasteiger partial charge on any atom is -0.497 e. The molecule has 0 radical (unpaired) electrons. The molecule has 156 valence electrons. The van der Waals surface area contributed by atoms with Crippen LogP contribution >= 0.6 is 0 Å². The maximum atomic E-state index is 13.4. The molecule has 2 fully saturated rings. The van der Waals surface area contributed by atoms with Crippen molar-refractivity contribution in [1.82, 2.24) is 10.0 Å². The van der Waals surface area contributed by atoms with Crippen LogP contribution in [0.15, 0.2) is 48.5 Å². The van der Waals surface area contributed by atoms with Crippen LogP contribution in [-0.2, 0) is 10.2 Å². The zero-order valence-electron chi connectivity index (χ0n) is 17.2. The Morgan fingerprint density at radius 2 is 1.57 bits per heavy atom. The Labute approximate surface area is 175 Å². The van der Waals surface area contributed by atoms with E-state index >= 15 is 0 Å². The summed E-state index contributed by atoms with van der Waals surface area (Å²) in [5.41, 5.74) is 1.57. The number of ketones is 1. The van der Waals surface area contributed by atoms with Crippen molar-refractivity contribution in [2.24, 2.45) is 0 Å². The molecule has 2 aliphatic rings. The van der Waals surface area contributed by atoms with Crippen molar-refractivity contribution in [2.45, 2.75) is 31.6 Å². The second-order valence-corrected chi connectivity index (χ2v) is 7.78. The van der Waals surface area contributed by atoms with E-state index in [1.54, 1.807) is 36.4 Å². The summed E-state index contributed by atoms with van der Waals surface area (Å²) in [6.45, 7) is 2.51. The molecule has 0 spiro atoms. The van der Waals surface area contributed by atoms with Crippen molar-refractivity contribution in [3.63, 3.8) is 0 Å². The quantitative estimate of drug-likeness (QED) is 0.768. The monoisotopic (exact) mass is 407 g/mol. The molecular weight excluding hydrogens is 382 g/mol. The number of nitrogens with one attached hydrogen (secondary N) is 1. The number of urea groups is 1. The number of Topliss-reactive ketones (excluding diaryl/α,β-unsaturated/α-hetero) is 1. The average Bonchev–Trinajstić information content (AvgIpc) is 3.42. The lowest BCUT2D eigenvalue weighted by Gasteiger charge is -2.31. The Hall–Kier alpha value is -3.35. The zero-order valence-corrected chi connectivity index (χ0v) is 17.2. The van der Waals surface area contributed by atoms with E-state index in [-0.39, 0.29) is 17.7 Å². The molecule has 0 atom stereocenters. The van der Waals surface area contributed by atoms with Crippen molar-refractivity contribution >= 4 is 23.4 Å². The summed E-state index contributed by atoms with van der Waals surface area (Å²) in [4.78, 5) is 37.7. The molecule has 1 saturated carbocycles. The van der Waals surface area contributed by atoms with Crippen LogP contribution in [0.5, 0.6) is 5.75 Å². The van der Waals surface area contributed by atoms with Gasteiger partial charge in [0.2, 0.25) is 0 Å². The van der Waals surface area contributed by atoms with E-state index in [1.165, 1.54) is 11.9 Å². The van der Waals surface area contributed by atoms with Crippen LogP contribution in [0.4, 0.5) is 10.5 Å². The smallest absolute Gasteiger partial charge is 0.340 e. The number of rotatable bonds is 5. The maximum Gasteiger partial charge on any atom is 0.340 e. The normalized spacial score (nSPS) is 16.9. The van der Waals surface area contributed by atoms with Gasteiger partial charge in [-0.25, -0.2) is 14.8 Å². The van der Waals surface area contributed by atoms with E-state index in [9.17, 15) is 14.4 Å². The second-order valence-electron chi connectivity index (χ2n) is 7.78. The molecule has 3 amide bonds. The fourth-order valence-electron chi connectivity index (χ4n) is 3.92. The predicted octanol–water partition coefficient (Wildman–Crippen LogP) is 3.61. The topological polar surface area (TPSA) is 79.0 Å². The molecule has 1 saturated heterocycles. The van der Waals surface area contributed by atoms with Gasteiger partial charge in [-0.2, -0.15) is 0 Å². The van der Waals surface area contributed by atoms with Crippen LogP contribution in [0.25, 0.3) is 0 Å². The van der Waals surface area contributed by atoms with Crippen LogP contribution in [0.1, 0.15) is 42.1 Å². The third-order valence-corrected chi connectivity index (χ3v) is 5.84. The lowest BCUT2D eigenvalue weighted by atomic mass is 9.94. The molecule has 30 heavy (non-hydrogen) atoms. The van der Waals surface area contributed by atoms with Crippen molar-refractivity contribution in [3.05, 3.63) is 59.7 Å². The molecule has 7 heteroatoms. The number of carbonyl (C=O) groups is 3. The SMILES string of the molecule is COc1ccc(C2(C(=O)N3CCCN3C(=O)Nc3ccc(C(C)=O)cc3)CC2)cc1. The summed E-state index contributed by atoms with van der Waals surface area (Å²) in [6, 6.07) is 14.0. The molecule has 7 nitrogen and oxygen atoms in total. The summed E-state index contributed by atoms with van der Waals surface area (Å²) >= 11 is 0. The lowest BCUT2D eigenvalue weighted by molar-refractivity contribution is -0.142. The second kappa shape index (κ2) is 7.82. The molecule has 1 aliphatic heterocycles. The minimum absolute atomic E-state index is 0.0301. The molecular formula is C23H25N3O4. The number of benzene rings is 2. The number of amides is 3. The van der Waals surface area contributed by atoms with Crippen LogP contribution in [0.2, 0.25) is 0 Å². The van der Waals surface area contributed by atoms with Gasteiger partial charge >= 0.3 is 6.03 Å². The Kier molecular flexibility index (Phi) is 5.20. The van der Waals surface area contributed by atoms with Crippen molar-refractivity contribution in [1.29, 1.82) is 0 Å². The van der Waals surface area contributed by atoms with E-state index < -0.39 is 5.41 Å². The van der Waals surface area contributed by atoms with Gasteiger partial charge in [0.05, 0.1) is 12.5 Å². The fraction of sp³-hybridized carbons (Fsp3) is 0.348. The van der Waals surface area contributed by atoms with Crippen LogP contribution in [-0.4, -0.2) is 47.9 Å². The Balaban J connectivity index is 1.47. The summed E-state index contributed by atoms with van der Waals surface area (Å²) in [7, 11) is 1.61. The first kappa shape index (κ1) is 19.9. The van der Waals surface area contributed by atoms with E-state index in [2.05, 4.69) is 5.32 Å².